The first-order valence-corrected chi connectivity index (χ1v) is 10.4. The van der Waals surface area contributed by atoms with Crippen molar-refractivity contribution in [1.29, 1.82) is 0 Å². The Labute approximate surface area is 143 Å². The molecular formula is C17H25N3O3S. The Morgan fingerprint density at radius 3 is 2.33 bits per heavy atom. The number of amides is 1. The van der Waals surface area contributed by atoms with Crippen molar-refractivity contribution in [2.45, 2.75) is 38.1 Å². The normalized spacial score (nSPS) is 18.3. The first kappa shape index (κ1) is 17.1. The van der Waals surface area contributed by atoms with E-state index in [1.165, 1.54) is 23.6 Å². The van der Waals surface area contributed by atoms with E-state index < -0.39 is 10.0 Å². The molecule has 0 atom stereocenters. The van der Waals surface area contributed by atoms with Gasteiger partial charge in [0.05, 0.1) is 11.9 Å². The standard InChI is InChI=1S/C17H25N3O3S/c1-24(22,23)20(13-17(21)18-14-5-6-14)16-9-7-15(8-10-16)19-11-3-2-4-12-19/h7-10,14H,2-6,11-13H2,1H3,(H,18,21). The zero-order valence-corrected chi connectivity index (χ0v) is 14.9. The fourth-order valence-electron chi connectivity index (χ4n) is 3.01. The summed E-state index contributed by atoms with van der Waals surface area (Å²) in [6, 6.07) is 7.68. The lowest BCUT2D eigenvalue weighted by atomic mass is 10.1. The molecule has 1 saturated heterocycles. The fraction of sp³-hybridized carbons (Fsp3) is 0.588. The van der Waals surface area contributed by atoms with E-state index in [0.29, 0.717) is 5.69 Å². The van der Waals surface area contributed by atoms with Crippen LogP contribution in [0.4, 0.5) is 11.4 Å². The third kappa shape index (κ3) is 4.41. The SMILES string of the molecule is CS(=O)(=O)N(CC(=O)NC1CC1)c1ccc(N2CCCCC2)cc1. The molecule has 1 aromatic rings. The van der Waals surface area contributed by atoms with Crippen molar-refractivity contribution >= 4 is 27.3 Å². The molecule has 1 N–H and O–H groups in total. The number of carbonyl (C=O) groups excluding carboxylic acids is 1. The van der Waals surface area contributed by atoms with Gasteiger partial charge >= 0.3 is 0 Å². The molecule has 0 spiro atoms. The molecule has 2 fully saturated rings. The van der Waals surface area contributed by atoms with Crippen molar-refractivity contribution < 1.29 is 13.2 Å². The van der Waals surface area contributed by atoms with Crippen LogP contribution in [0.2, 0.25) is 0 Å². The molecule has 3 rings (SSSR count). The predicted octanol–water partition coefficient (Wildman–Crippen LogP) is 1.72. The second-order valence-electron chi connectivity index (χ2n) is 6.68. The van der Waals surface area contributed by atoms with Gasteiger partial charge in [-0.15, -0.1) is 0 Å². The molecular weight excluding hydrogens is 326 g/mol. The maximum Gasteiger partial charge on any atom is 0.240 e. The number of piperidine rings is 1. The summed E-state index contributed by atoms with van der Waals surface area (Å²) in [5.74, 6) is -0.247. The van der Waals surface area contributed by atoms with Gasteiger partial charge in [0, 0.05) is 24.8 Å². The second-order valence-corrected chi connectivity index (χ2v) is 8.58. The number of hydrogen-bond donors (Lipinski definition) is 1. The Morgan fingerprint density at radius 2 is 1.79 bits per heavy atom. The first-order chi connectivity index (χ1) is 11.4. The molecule has 132 valence electrons. The van der Waals surface area contributed by atoms with E-state index >= 15 is 0 Å². The zero-order chi connectivity index (χ0) is 17.2. The summed E-state index contributed by atoms with van der Waals surface area (Å²) in [5, 5.41) is 2.84. The molecule has 7 heteroatoms. The lowest BCUT2D eigenvalue weighted by Gasteiger charge is -2.29. The van der Waals surface area contributed by atoms with Crippen molar-refractivity contribution in [2.75, 3.05) is 35.1 Å². The number of anilines is 2. The predicted molar refractivity (Wildman–Crippen MR) is 95.9 cm³/mol. The highest BCUT2D eigenvalue weighted by molar-refractivity contribution is 7.92. The van der Waals surface area contributed by atoms with Crippen LogP contribution < -0.4 is 14.5 Å². The Hall–Kier alpha value is -1.76. The topological polar surface area (TPSA) is 69.7 Å². The molecule has 6 nitrogen and oxygen atoms in total. The fourth-order valence-corrected chi connectivity index (χ4v) is 3.87. The summed E-state index contributed by atoms with van der Waals surface area (Å²) >= 11 is 0. The quantitative estimate of drug-likeness (QED) is 0.847. The van der Waals surface area contributed by atoms with Crippen LogP contribution >= 0.6 is 0 Å². The van der Waals surface area contributed by atoms with Crippen LogP contribution in [0.15, 0.2) is 24.3 Å². The van der Waals surface area contributed by atoms with Gasteiger partial charge in [0.2, 0.25) is 15.9 Å². The third-order valence-corrected chi connectivity index (χ3v) is 5.63. The van der Waals surface area contributed by atoms with Gasteiger partial charge in [-0.25, -0.2) is 8.42 Å². The highest BCUT2D eigenvalue weighted by Gasteiger charge is 2.26. The molecule has 1 aliphatic carbocycles. The number of carbonyl (C=O) groups is 1. The Bertz CT molecular complexity index is 678. The minimum absolute atomic E-state index is 0.168. The molecule has 1 heterocycles. The van der Waals surface area contributed by atoms with Gasteiger partial charge in [0.15, 0.2) is 0 Å². The van der Waals surface area contributed by atoms with Gasteiger partial charge in [-0.2, -0.15) is 0 Å². The molecule has 1 aliphatic heterocycles. The number of rotatable bonds is 6. The van der Waals surface area contributed by atoms with E-state index in [4.69, 9.17) is 0 Å². The molecule has 24 heavy (non-hydrogen) atoms. The third-order valence-electron chi connectivity index (χ3n) is 4.49. The van der Waals surface area contributed by atoms with Crippen molar-refractivity contribution in [2.24, 2.45) is 0 Å². The largest absolute Gasteiger partial charge is 0.372 e. The van der Waals surface area contributed by atoms with Crippen molar-refractivity contribution in [3.63, 3.8) is 0 Å². The highest BCUT2D eigenvalue weighted by Crippen LogP contribution is 2.25. The van der Waals surface area contributed by atoms with Gasteiger partial charge in [-0.1, -0.05) is 0 Å². The van der Waals surface area contributed by atoms with E-state index in [1.807, 2.05) is 12.1 Å². The second kappa shape index (κ2) is 7.01. The summed E-state index contributed by atoms with van der Waals surface area (Å²) in [6.07, 6.45) is 6.75. The molecule has 2 aliphatic rings. The Balaban J connectivity index is 1.73. The smallest absolute Gasteiger partial charge is 0.240 e. The maximum atomic E-state index is 12.1. The minimum Gasteiger partial charge on any atom is -0.372 e. The molecule has 1 amide bonds. The molecule has 0 bridgehead atoms. The van der Waals surface area contributed by atoms with E-state index in [2.05, 4.69) is 10.2 Å². The molecule has 1 saturated carbocycles. The molecule has 0 unspecified atom stereocenters. The van der Waals surface area contributed by atoms with Crippen LogP contribution in [0.1, 0.15) is 32.1 Å². The average molecular weight is 351 g/mol. The summed E-state index contributed by atoms with van der Waals surface area (Å²) in [4.78, 5) is 14.3. The molecule has 1 aromatic carbocycles. The van der Waals surface area contributed by atoms with E-state index in [9.17, 15) is 13.2 Å². The maximum absolute atomic E-state index is 12.1. The Morgan fingerprint density at radius 1 is 1.17 bits per heavy atom. The number of nitrogens with zero attached hydrogens (tertiary/aromatic N) is 2. The van der Waals surface area contributed by atoms with Gasteiger partial charge in [0.1, 0.15) is 6.54 Å². The van der Waals surface area contributed by atoms with Crippen LogP contribution in [0.5, 0.6) is 0 Å². The Kier molecular flexibility index (Phi) is 4.99. The van der Waals surface area contributed by atoms with E-state index in [1.54, 1.807) is 12.1 Å². The summed E-state index contributed by atoms with van der Waals surface area (Å²) in [6.45, 7) is 1.91. The van der Waals surface area contributed by atoms with Crippen molar-refractivity contribution in [3.8, 4) is 0 Å². The molecule has 0 aromatic heterocycles. The summed E-state index contributed by atoms with van der Waals surface area (Å²) < 4.78 is 25.4. The van der Waals surface area contributed by atoms with E-state index in [0.717, 1.165) is 37.9 Å². The van der Waals surface area contributed by atoms with Crippen LogP contribution in [-0.4, -0.2) is 46.3 Å². The van der Waals surface area contributed by atoms with Crippen LogP contribution in [0.3, 0.4) is 0 Å². The van der Waals surface area contributed by atoms with Gasteiger partial charge in [-0.05, 0) is 56.4 Å². The van der Waals surface area contributed by atoms with Crippen LogP contribution in [0.25, 0.3) is 0 Å². The lowest BCUT2D eigenvalue weighted by molar-refractivity contribution is -0.119. The summed E-state index contributed by atoms with van der Waals surface area (Å²) in [5.41, 5.74) is 1.64. The number of sulfonamides is 1. The van der Waals surface area contributed by atoms with Crippen LogP contribution in [-0.2, 0) is 14.8 Å². The zero-order valence-electron chi connectivity index (χ0n) is 14.1. The molecule has 0 radical (unpaired) electrons. The average Bonchev–Trinajstić information content (AvgIpc) is 3.37. The van der Waals surface area contributed by atoms with Gasteiger partial charge < -0.3 is 10.2 Å². The lowest BCUT2D eigenvalue weighted by Crippen LogP contribution is -2.41. The number of hydrogen-bond acceptors (Lipinski definition) is 4. The van der Waals surface area contributed by atoms with Gasteiger partial charge in [-0.3, -0.25) is 9.10 Å². The number of benzene rings is 1. The van der Waals surface area contributed by atoms with Gasteiger partial charge in [0.25, 0.3) is 0 Å². The minimum atomic E-state index is -3.51. The monoisotopic (exact) mass is 351 g/mol. The first-order valence-electron chi connectivity index (χ1n) is 8.55. The summed E-state index contributed by atoms with van der Waals surface area (Å²) in [7, 11) is -3.51. The van der Waals surface area contributed by atoms with Crippen molar-refractivity contribution in [1.82, 2.24) is 5.32 Å². The van der Waals surface area contributed by atoms with Crippen molar-refractivity contribution in [3.05, 3.63) is 24.3 Å². The van der Waals surface area contributed by atoms with E-state index in [-0.39, 0.29) is 18.5 Å². The van der Waals surface area contributed by atoms with Crippen LogP contribution in [0, 0.1) is 0 Å². The highest BCUT2D eigenvalue weighted by atomic mass is 32.2. The number of nitrogens with one attached hydrogen (secondary N) is 1.